The molecule has 2 amide bonds. The second kappa shape index (κ2) is 11.7. The van der Waals surface area contributed by atoms with Crippen molar-refractivity contribution in [3.63, 3.8) is 0 Å². The number of amides is 2. The van der Waals surface area contributed by atoms with Gasteiger partial charge in [0.15, 0.2) is 17.7 Å². The molecule has 0 aliphatic carbocycles. The molecule has 0 fully saturated rings. The number of alkyl halides is 2. The molecule has 198 valence electrons. The Morgan fingerprint density at radius 2 is 1.89 bits per heavy atom. The minimum absolute atomic E-state index is 0.0577. The quantitative estimate of drug-likeness (QED) is 0.420. The number of nitrogens with one attached hydrogen (secondary N) is 1. The molecule has 11 heteroatoms. The molecule has 1 aliphatic heterocycles. The molecule has 0 spiro atoms. The van der Waals surface area contributed by atoms with Crippen LogP contribution in [0.25, 0.3) is 0 Å². The molecule has 0 saturated heterocycles. The maximum atomic E-state index is 13.1. The summed E-state index contributed by atoms with van der Waals surface area (Å²) in [6, 6.07) is 16.5. The van der Waals surface area contributed by atoms with Crippen LogP contribution in [0.5, 0.6) is 11.5 Å². The van der Waals surface area contributed by atoms with Gasteiger partial charge < -0.3 is 19.5 Å². The van der Waals surface area contributed by atoms with Crippen LogP contribution in [0, 0.1) is 6.92 Å². The van der Waals surface area contributed by atoms with E-state index in [0.717, 1.165) is 10.6 Å². The van der Waals surface area contributed by atoms with Gasteiger partial charge in [0.25, 0.3) is 5.91 Å². The fourth-order valence-electron chi connectivity index (χ4n) is 3.89. The summed E-state index contributed by atoms with van der Waals surface area (Å²) in [4.78, 5) is 30.3. The number of pyridine rings is 1. The number of methoxy groups -OCH3 is 1. The minimum Gasteiger partial charge on any atom is -0.493 e. The number of hydrogen-bond donors (Lipinski definition) is 1. The predicted molar refractivity (Wildman–Crippen MR) is 134 cm³/mol. The predicted octanol–water partition coefficient (Wildman–Crippen LogP) is 5.06. The van der Waals surface area contributed by atoms with Crippen LogP contribution < -0.4 is 14.8 Å². The largest absolute Gasteiger partial charge is 0.493 e. The Labute approximate surface area is 218 Å². The summed E-state index contributed by atoms with van der Waals surface area (Å²) in [5, 5.41) is 8.45. The zero-order valence-electron chi connectivity index (χ0n) is 20.9. The molecule has 0 saturated carbocycles. The van der Waals surface area contributed by atoms with Crippen LogP contribution in [0.3, 0.4) is 0 Å². The maximum absolute atomic E-state index is 13.1. The van der Waals surface area contributed by atoms with Gasteiger partial charge in [-0.25, -0.2) is 4.79 Å². The summed E-state index contributed by atoms with van der Waals surface area (Å²) >= 11 is 0. The standard InChI is InChI=1S/C27H26F2N4O5/c1-4-20-23(18-12-13-21(37-26(28)29)22(15-18)36-3)32-33(27(35)38-20)24(17-10-8-16(2)9-11-17)31-25(34)19-7-5-6-14-30-19/h5-15,20,24,26H,4H2,1-3H3,(H,31,34). The van der Waals surface area contributed by atoms with Gasteiger partial charge in [-0.1, -0.05) is 42.8 Å². The van der Waals surface area contributed by atoms with E-state index in [1.807, 2.05) is 26.0 Å². The summed E-state index contributed by atoms with van der Waals surface area (Å²) < 4.78 is 41.0. The van der Waals surface area contributed by atoms with Crippen molar-refractivity contribution in [3.05, 3.63) is 89.2 Å². The highest BCUT2D eigenvalue weighted by Crippen LogP contribution is 2.32. The molecule has 1 aliphatic rings. The number of carbonyl (C=O) groups is 2. The third-order valence-electron chi connectivity index (χ3n) is 5.80. The first-order chi connectivity index (χ1) is 18.3. The fourth-order valence-corrected chi connectivity index (χ4v) is 3.89. The number of aryl methyl sites for hydroxylation is 1. The van der Waals surface area contributed by atoms with Gasteiger partial charge in [-0.15, -0.1) is 0 Å². The van der Waals surface area contributed by atoms with Crippen molar-refractivity contribution in [1.29, 1.82) is 0 Å². The van der Waals surface area contributed by atoms with Gasteiger partial charge in [-0.2, -0.15) is 18.9 Å². The van der Waals surface area contributed by atoms with Crippen molar-refractivity contribution in [2.24, 2.45) is 5.10 Å². The molecule has 1 N–H and O–H groups in total. The summed E-state index contributed by atoms with van der Waals surface area (Å²) in [6.07, 6.45) is -0.644. The van der Waals surface area contributed by atoms with Crippen molar-refractivity contribution >= 4 is 17.7 Å². The van der Waals surface area contributed by atoms with Gasteiger partial charge in [0.2, 0.25) is 0 Å². The van der Waals surface area contributed by atoms with Crippen LogP contribution in [0.15, 0.2) is 72.0 Å². The van der Waals surface area contributed by atoms with Gasteiger partial charge in [0.1, 0.15) is 17.5 Å². The first-order valence-electron chi connectivity index (χ1n) is 11.8. The molecule has 38 heavy (non-hydrogen) atoms. The molecular formula is C27H26F2N4O5. The second-order valence-electron chi connectivity index (χ2n) is 8.36. The smallest absolute Gasteiger partial charge is 0.433 e. The van der Waals surface area contributed by atoms with E-state index in [1.165, 1.54) is 31.5 Å². The van der Waals surface area contributed by atoms with Crippen LogP contribution in [-0.2, 0) is 4.74 Å². The van der Waals surface area contributed by atoms with E-state index in [9.17, 15) is 18.4 Å². The first kappa shape index (κ1) is 26.5. The minimum atomic E-state index is -3.03. The van der Waals surface area contributed by atoms with Crippen molar-refractivity contribution in [2.45, 2.75) is 39.1 Å². The van der Waals surface area contributed by atoms with Crippen LogP contribution in [0.1, 0.15) is 46.7 Å². The summed E-state index contributed by atoms with van der Waals surface area (Å²) in [7, 11) is 1.32. The summed E-state index contributed by atoms with van der Waals surface area (Å²) in [5.74, 6) is -0.611. The molecule has 0 radical (unpaired) electrons. The number of ether oxygens (including phenoxy) is 3. The molecule has 3 aromatic rings. The summed E-state index contributed by atoms with van der Waals surface area (Å²) in [6.45, 7) is 0.700. The Morgan fingerprint density at radius 3 is 2.53 bits per heavy atom. The SMILES string of the molecule is CCC1OC(=O)N(C(NC(=O)c2ccccn2)c2ccc(C)cc2)N=C1c1ccc(OC(F)F)c(OC)c1. The monoisotopic (exact) mass is 524 g/mol. The van der Waals surface area contributed by atoms with Crippen LogP contribution in [-0.4, -0.2) is 47.5 Å². The summed E-state index contributed by atoms with van der Waals surface area (Å²) in [5.41, 5.74) is 2.53. The lowest BCUT2D eigenvalue weighted by Crippen LogP contribution is -2.48. The van der Waals surface area contributed by atoms with Gasteiger partial charge in [-0.3, -0.25) is 9.78 Å². The number of rotatable bonds is 9. The van der Waals surface area contributed by atoms with E-state index in [4.69, 9.17) is 9.47 Å². The number of nitrogens with zero attached hydrogens (tertiary/aromatic N) is 3. The van der Waals surface area contributed by atoms with Crippen molar-refractivity contribution in [3.8, 4) is 11.5 Å². The highest BCUT2D eigenvalue weighted by Gasteiger charge is 2.37. The average molecular weight is 525 g/mol. The first-order valence-corrected chi connectivity index (χ1v) is 11.8. The highest BCUT2D eigenvalue weighted by atomic mass is 19.3. The van der Waals surface area contributed by atoms with Crippen LogP contribution in [0.2, 0.25) is 0 Å². The Kier molecular flexibility index (Phi) is 8.15. The van der Waals surface area contributed by atoms with E-state index in [2.05, 4.69) is 20.1 Å². The molecule has 0 bridgehead atoms. The normalized spacial score (nSPS) is 15.9. The lowest BCUT2D eigenvalue weighted by Gasteiger charge is -2.34. The van der Waals surface area contributed by atoms with E-state index in [-0.39, 0.29) is 17.2 Å². The zero-order chi connectivity index (χ0) is 27.2. The van der Waals surface area contributed by atoms with Gasteiger partial charge in [0.05, 0.1) is 7.11 Å². The lowest BCUT2D eigenvalue weighted by molar-refractivity contribution is -0.0512. The van der Waals surface area contributed by atoms with E-state index < -0.39 is 30.9 Å². The van der Waals surface area contributed by atoms with Crippen molar-refractivity contribution in [2.75, 3.05) is 7.11 Å². The number of aromatic nitrogens is 1. The number of hydrogen-bond acceptors (Lipinski definition) is 7. The number of cyclic esters (lactones) is 1. The second-order valence-corrected chi connectivity index (χ2v) is 8.36. The Hall–Kier alpha value is -4.54. The molecule has 9 nitrogen and oxygen atoms in total. The van der Waals surface area contributed by atoms with Gasteiger partial charge >= 0.3 is 12.7 Å². The highest BCUT2D eigenvalue weighted by molar-refractivity contribution is 6.06. The third kappa shape index (κ3) is 5.88. The zero-order valence-corrected chi connectivity index (χ0v) is 20.9. The fraction of sp³-hybridized carbons (Fsp3) is 0.259. The topological polar surface area (TPSA) is 102 Å². The molecular weight excluding hydrogens is 498 g/mol. The van der Waals surface area contributed by atoms with Crippen LogP contribution in [0.4, 0.5) is 13.6 Å². The van der Waals surface area contributed by atoms with Gasteiger partial charge in [0, 0.05) is 11.8 Å². The number of benzene rings is 2. The lowest BCUT2D eigenvalue weighted by atomic mass is 10.0. The van der Waals surface area contributed by atoms with Crippen LogP contribution >= 0.6 is 0 Å². The Balaban J connectivity index is 1.77. The number of hydrazone groups is 1. The third-order valence-corrected chi connectivity index (χ3v) is 5.80. The van der Waals surface area contributed by atoms with Crippen molar-refractivity contribution in [1.82, 2.24) is 15.3 Å². The Morgan fingerprint density at radius 1 is 1.13 bits per heavy atom. The molecule has 2 unspecified atom stereocenters. The maximum Gasteiger partial charge on any atom is 0.433 e. The van der Waals surface area contributed by atoms with Gasteiger partial charge in [-0.05, 0) is 49.2 Å². The van der Waals surface area contributed by atoms with E-state index in [0.29, 0.717) is 23.3 Å². The molecule has 1 aromatic heterocycles. The molecule has 2 aromatic carbocycles. The number of halogens is 2. The molecule has 4 rings (SSSR count). The van der Waals surface area contributed by atoms with E-state index in [1.54, 1.807) is 30.3 Å². The number of carbonyl (C=O) groups excluding carboxylic acids is 2. The average Bonchev–Trinajstić information content (AvgIpc) is 2.92. The van der Waals surface area contributed by atoms with E-state index >= 15 is 0 Å². The molecule has 2 heterocycles. The molecule has 2 atom stereocenters. The Bertz CT molecular complexity index is 1320. The van der Waals surface area contributed by atoms with Crippen molar-refractivity contribution < 1.29 is 32.6 Å².